The second-order valence-electron chi connectivity index (χ2n) is 4.70. The minimum absolute atomic E-state index is 0.0120. The highest BCUT2D eigenvalue weighted by atomic mass is 16.6. The number of carbonyl (C=O) groups is 2. The SMILES string of the molecule is COCn1nnnc1C(=O)CNC(=O)OC(C)(C)C. The van der Waals surface area contributed by atoms with E-state index in [1.165, 1.54) is 11.8 Å². The number of hydrogen-bond acceptors (Lipinski definition) is 7. The highest BCUT2D eigenvalue weighted by Gasteiger charge is 2.19. The van der Waals surface area contributed by atoms with E-state index in [1.807, 2.05) is 0 Å². The number of ether oxygens (including phenoxy) is 2. The van der Waals surface area contributed by atoms with E-state index >= 15 is 0 Å². The Hall–Kier alpha value is -2.03. The predicted octanol–water partition coefficient (Wildman–Crippen LogP) is -0.0156. The van der Waals surface area contributed by atoms with Gasteiger partial charge in [0.15, 0.2) is 0 Å². The van der Waals surface area contributed by atoms with Crippen molar-refractivity contribution in [3.05, 3.63) is 5.82 Å². The van der Waals surface area contributed by atoms with Gasteiger partial charge in [-0.25, -0.2) is 4.79 Å². The topological polar surface area (TPSA) is 108 Å². The van der Waals surface area contributed by atoms with Crippen molar-refractivity contribution in [2.45, 2.75) is 33.1 Å². The first-order valence-corrected chi connectivity index (χ1v) is 5.58. The Morgan fingerprint density at radius 1 is 1.37 bits per heavy atom. The van der Waals surface area contributed by atoms with Gasteiger partial charge in [-0.3, -0.25) is 4.79 Å². The Morgan fingerprint density at radius 2 is 2.05 bits per heavy atom. The Kier molecular flexibility index (Phi) is 4.93. The highest BCUT2D eigenvalue weighted by Crippen LogP contribution is 2.06. The van der Waals surface area contributed by atoms with Gasteiger partial charge in [0, 0.05) is 7.11 Å². The van der Waals surface area contributed by atoms with Crippen molar-refractivity contribution in [2.24, 2.45) is 0 Å². The Morgan fingerprint density at radius 3 is 2.63 bits per heavy atom. The van der Waals surface area contributed by atoms with Gasteiger partial charge in [0.2, 0.25) is 11.6 Å². The number of Topliss-reactive ketones (excluding diaryl/α,β-unsaturated/α-hetero) is 1. The maximum atomic E-state index is 11.8. The van der Waals surface area contributed by atoms with Crippen molar-refractivity contribution < 1.29 is 19.1 Å². The summed E-state index contributed by atoms with van der Waals surface area (Å²) in [7, 11) is 1.45. The Labute approximate surface area is 110 Å². The minimum atomic E-state index is -0.674. The molecule has 1 N–H and O–H groups in total. The third-order valence-electron chi connectivity index (χ3n) is 1.82. The van der Waals surface area contributed by atoms with Crippen molar-refractivity contribution in [2.75, 3.05) is 13.7 Å². The predicted molar refractivity (Wildman–Crippen MR) is 63.4 cm³/mol. The minimum Gasteiger partial charge on any atom is -0.444 e. The maximum absolute atomic E-state index is 11.8. The normalized spacial score (nSPS) is 11.2. The fourth-order valence-electron chi connectivity index (χ4n) is 1.16. The Balaban J connectivity index is 2.51. The quantitative estimate of drug-likeness (QED) is 0.750. The van der Waals surface area contributed by atoms with Crippen LogP contribution < -0.4 is 5.32 Å². The van der Waals surface area contributed by atoms with E-state index in [0.29, 0.717) is 0 Å². The van der Waals surface area contributed by atoms with Gasteiger partial charge in [-0.2, -0.15) is 4.68 Å². The van der Waals surface area contributed by atoms with Crippen LogP contribution in [0.5, 0.6) is 0 Å². The van der Waals surface area contributed by atoms with E-state index in [2.05, 4.69) is 20.8 Å². The number of rotatable bonds is 5. The molecule has 1 amide bonds. The zero-order valence-electron chi connectivity index (χ0n) is 11.3. The second kappa shape index (κ2) is 6.23. The van der Waals surface area contributed by atoms with Gasteiger partial charge < -0.3 is 14.8 Å². The Bertz CT molecular complexity index is 451. The molecule has 0 aliphatic carbocycles. The van der Waals surface area contributed by atoms with E-state index in [-0.39, 0.29) is 19.1 Å². The number of carbonyl (C=O) groups excluding carboxylic acids is 2. The lowest BCUT2D eigenvalue weighted by molar-refractivity contribution is 0.0518. The van der Waals surface area contributed by atoms with Crippen LogP contribution in [0.25, 0.3) is 0 Å². The monoisotopic (exact) mass is 271 g/mol. The van der Waals surface area contributed by atoms with Crippen LogP contribution in [0.1, 0.15) is 31.4 Å². The van der Waals surface area contributed by atoms with Crippen molar-refractivity contribution in [3.8, 4) is 0 Å². The molecule has 19 heavy (non-hydrogen) atoms. The summed E-state index contributed by atoms with van der Waals surface area (Å²) in [5.41, 5.74) is -0.620. The third-order valence-corrected chi connectivity index (χ3v) is 1.82. The van der Waals surface area contributed by atoms with E-state index in [9.17, 15) is 9.59 Å². The van der Waals surface area contributed by atoms with Crippen LogP contribution in [-0.2, 0) is 16.2 Å². The number of amides is 1. The first-order chi connectivity index (χ1) is 8.83. The molecule has 9 nitrogen and oxygen atoms in total. The average molecular weight is 271 g/mol. The summed E-state index contributed by atoms with van der Waals surface area (Å²) in [6, 6.07) is 0. The summed E-state index contributed by atoms with van der Waals surface area (Å²) < 4.78 is 11.0. The van der Waals surface area contributed by atoms with Gasteiger partial charge in [-0.05, 0) is 31.2 Å². The molecule has 0 bridgehead atoms. The molecule has 0 spiro atoms. The zero-order valence-corrected chi connectivity index (χ0v) is 11.3. The summed E-state index contributed by atoms with van der Waals surface area (Å²) in [5.74, 6) is -0.425. The van der Waals surface area contributed by atoms with E-state index in [1.54, 1.807) is 20.8 Å². The molecule has 0 aromatic carbocycles. The number of tetrazole rings is 1. The number of nitrogens with one attached hydrogen (secondary N) is 1. The van der Waals surface area contributed by atoms with Crippen LogP contribution in [0.2, 0.25) is 0 Å². The van der Waals surface area contributed by atoms with Crippen LogP contribution in [0, 0.1) is 0 Å². The van der Waals surface area contributed by atoms with Gasteiger partial charge >= 0.3 is 6.09 Å². The van der Waals surface area contributed by atoms with Gasteiger partial charge in [-0.15, -0.1) is 5.10 Å². The van der Waals surface area contributed by atoms with E-state index in [0.717, 1.165) is 0 Å². The number of methoxy groups -OCH3 is 1. The van der Waals surface area contributed by atoms with Gasteiger partial charge in [0.05, 0.1) is 6.54 Å². The van der Waals surface area contributed by atoms with Crippen LogP contribution in [-0.4, -0.2) is 51.3 Å². The van der Waals surface area contributed by atoms with Crippen molar-refractivity contribution in [1.82, 2.24) is 25.5 Å². The van der Waals surface area contributed by atoms with E-state index in [4.69, 9.17) is 9.47 Å². The summed E-state index contributed by atoms with van der Waals surface area (Å²) in [5, 5.41) is 12.8. The fourth-order valence-corrected chi connectivity index (χ4v) is 1.16. The number of alkyl carbamates (subject to hydrolysis) is 1. The first-order valence-electron chi connectivity index (χ1n) is 5.58. The number of ketones is 1. The molecule has 0 saturated carbocycles. The molecule has 0 aliphatic heterocycles. The lowest BCUT2D eigenvalue weighted by atomic mass is 10.2. The standard InChI is InChI=1S/C10H17N5O4/c1-10(2,3)19-9(17)11-5-7(16)8-12-13-14-15(8)6-18-4/h5-6H2,1-4H3,(H,11,17). The fraction of sp³-hybridized carbons (Fsp3) is 0.700. The molecule has 0 fully saturated rings. The molecule has 9 heteroatoms. The molecular weight excluding hydrogens is 254 g/mol. The molecule has 1 aromatic heterocycles. The number of nitrogens with zero attached hydrogens (tertiary/aromatic N) is 4. The summed E-state index contributed by atoms with van der Waals surface area (Å²) in [6.45, 7) is 4.99. The summed E-state index contributed by atoms with van der Waals surface area (Å²) in [4.78, 5) is 23.2. The largest absolute Gasteiger partial charge is 0.444 e. The third kappa shape index (κ3) is 5.00. The summed E-state index contributed by atoms with van der Waals surface area (Å²) in [6.07, 6.45) is -0.674. The van der Waals surface area contributed by atoms with Crippen LogP contribution in [0.4, 0.5) is 4.79 Å². The highest BCUT2D eigenvalue weighted by molar-refractivity contribution is 5.95. The first kappa shape index (κ1) is 15.0. The van der Waals surface area contributed by atoms with Crippen molar-refractivity contribution >= 4 is 11.9 Å². The van der Waals surface area contributed by atoms with Crippen LogP contribution >= 0.6 is 0 Å². The molecule has 1 heterocycles. The molecule has 0 unspecified atom stereocenters. The lowest BCUT2D eigenvalue weighted by Gasteiger charge is -2.19. The van der Waals surface area contributed by atoms with Crippen LogP contribution in [0.15, 0.2) is 0 Å². The maximum Gasteiger partial charge on any atom is 0.408 e. The van der Waals surface area contributed by atoms with E-state index < -0.39 is 17.5 Å². The molecule has 0 radical (unpaired) electrons. The van der Waals surface area contributed by atoms with Crippen molar-refractivity contribution in [3.63, 3.8) is 0 Å². The summed E-state index contributed by atoms with van der Waals surface area (Å²) >= 11 is 0. The average Bonchev–Trinajstić information content (AvgIpc) is 2.72. The molecule has 0 atom stereocenters. The lowest BCUT2D eigenvalue weighted by Crippen LogP contribution is -2.36. The molecule has 1 aromatic rings. The second-order valence-corrected chi connectivity index (χ2v) is 4.70. The van der Waals surface area contributed by atoms with Gasteiger partial charge in [-0.1, -0.05) is 0 Å². The number of hydrogen-bond donors (Lipinski definition) is 1. The molecule has 1 rings (SSSR count). The van der Waals surface area contributed by atoms with Crippen LogP contribution in [0.3, 0.4) is 0 Å². The molecular formula is C10H17N5O4. The molecule has 106 valence electrons. The van der Waals surface area contributed by atoms with Crippen molar-refractivity contribution in [1.29, 1.82) is 0 Å². The smallest absolute Gasteiger partial charge is 0.408 e. The zero-order chi connectivity index (χ0) is 14.5. The molecule has 0 aliphatic rings. The van der Waals surface area contributed by atoms with Gasteiger partial charge in [0.1, 0.15) is 12.3 Å². The van der Waals surface area contributed by atoms with Gasteiger partial charge in [0.25, 0.3) is 0 Å². The number of aromatic nitrogens is 4. The molecule has 0 saturated heterocycles.